The lowest BCUT2D eigenvalue weighted by Crippen LogP contribution is -2.12. The molecule has 1 aromatic carbocycles. The van der Waals surface area contributed by atoms with E-state index in [-0.39, 0.29) is 11.9 Å². The molecule has 1 amide bonds. The monoisotopic (exact) mass is 343 g/mol. The predicted molar refractivity (Wildman–Crippen MR) is 94.9 cm³/mol. The van der Waals surface area contributed by atoms with E-state index in [9.17, 15) is 4.79 Å². The number of carbonyl (C=O) groups excluding carboxylic acids is 1. The van der Waals surface area contributed by atoms with Gasteiger partial charge in [-0.25, -0.2) is 0 Å². The van der Waals surface area contributed by atoms with Crippen LogP contribution in [0.25, 0.3) is 0 Å². The van der Waals surface area contributed by atoms with Gasteiger partial charge in [0.2, 0.25) is 5.89 Å². The number of aromatic nitrogens is 2. The number of nitrogens with zero attached hydrogens (tertiary/aromatic N) is 2. The second-order valence-corrected chi connectivity index (χ2v) is 6.46. The van der Waals surface area contributed by atoms with Gasteiger partial charge >= 0.3 is 6.01 Å². The first-order valence-corrected chi connectivity index (χ1v) is 9.14. The fourth-order valence-corrected chi connectivity index (χ4v) is 3.01. The number of benzene rings is 1. The number of hydrogen-bond acceptors (Lipinski definition) is 5. The molecular weight excluding hydrogens is 318 g/mol. The van der Waals surface area contributed by atoms with Crippen molar-refractivity contribution in [2.45, 2.75) is 57.8 Å². The molecule has 25 heavy (non-hydrogen) atoms. The highest BCUT2D eigenvalue weighted by molar-refractivity contribution is 6.03. The first kappa shape index (κ1) is 17.5. The van der Waals surface area contributed by atoms with Gasteiger partial charge in [-0.3, -0.25) is 10.1 Å². The molecule has 134 valence electrons. The summed E-state index contributed by atoms with van der Waals surface area (Å²) in [5.74, 6) is 1.46. The third-order valence-electron chi connectivity index (χ3n) is 4.50. The molecule has 0 saturated heterocycles. The number of hydrogen-bond donors (Lipinski definition) is 1. The number of unbranched alkanes of at least 4 members (excludes halogenated alkanes) is 1. The molecular formula is C19H25N3O3. The lowest BCUT2D eigenvalue weighted by Gasteiger charge is -2.17. The van der Waals surface area contributed by atoms with Crippen molar-refractivity contribution in [3.63, 3.8) is 0 Å². The molecule has 1 aliphatic carbocycles. The molecule has 1 aromatic heterocycles. The van der Waals surface area contributed by atoms with Crippen LogP contribution in [0.15, 0.2) is 28.7 Å². The molecule has 6 heteroatoms. The standard InChI is InChI=1S/C19H25N3O3/c1-2-3-13-24-16-11-9-14(10-12-16)17(23)20-19-22-21-18(25-19)15-7-5-4-6-8-15/h9-12,15H,2-8,13H2,1H3,(H,20,22,23). The van der Waals surface area contributed by atoms with Crippen LogP contribution in [-0.2, 0) is 0 Å². The third kappa shape index (κ3) is 4.81. The molecule has 1 saturated carbocycles. The van der Waals surface area contributed by atoms with Gasteiger partial charge in [-0.15, -0.1) is 5.10 Å². The maximum absolute atomic E-state index is 12.3. The number of ether oxygens (including phenoxy) is 1. The van der Waals surface area contributed by atoms with Gasteiger partial charge in [-0.05, 0) is 43.5 Å². The van der Waals surface area contributed by atoms with E-state index >= 15 is 0 Å². The zero-order valence-electron chi connectivity index (χ0n) is 14.7. The maximum atomic E-state index is 12.3. The van der Waals surface area contributed by atoms with Crippen molar-refractivity contribution >= 4 is 11.9 Å². The molecule has 1 aliphatic rings. The van der Waals surface area contributed by atoms with E-state index < -0.39 is 0 Å². The summed E-state index contributed by atoms with van der Waals surface area (Å²) in [6, 6.07) is 7.22. The Morgan fingerprint density at radius 2 is 1.96 bits per heavy atom. The Morgan fingerprint density at radius 1 is 1.20 bits per heavy atom. The van der Waals surface area contributed by atoms with E-state index in [4.69, 9.17) is 9.15 Å². The highest BCUT2D eigenvalue weighted by atomic mass is 16.5. The first-order chi connectivity index (χ1) is 12.3. The zero-order valence-corrected chi connectivity index (χ0v) is 14.7. The topological polar surface area (TPSA) is 77.2 Å². The van der Waals surface area contributed by atoms with Crippen LogP contribution in [0.1, 0.15) is 74.0 Å². The molecule has 0 spiro atoms. The van der Waals surface area contributed by atoms with Gasteiger partial charge in [0.1, 0.15) is 5.75 Å². The molecule has 0 unspecified atom stereocenters. The number of anilines is 1. The van der Waals surface area contributed by atoms with Gasteiger partial charge < -0.3 is 9.15 Å². The van der Waals surface area contributed by atoms with Crippen molar-refractivity contribution in [3.05, 3.63) is 35.7 Å². The van der Waals surface area contributed by atoms with E-state index in [0.717, 1.165) is 31.4 Å². The van der Waals surface area contributed by atoms with Crippen molar-refractivity contribution < 1.29 is 13.9 Å². The Morgan fingerprint density at radius 3 is 2.68 bits per heavy atom. The Kier molecular flexibility index (Phi) is 6.04. The number of nitrogens with one attached hydrogen (secondary N) is 1. The summed E-state index contributed by atoms with van der Waals surface area (Å²) in [5, 5.41) is 10.7. The van der Waals surface area contributed by atoms with Gasteiger partial charge in [0, 0.05) is 11.5 Å². The Labute approximate surface area is 148 Å². The summed E-state index contributed by atoms with van der Waals surface area (Å²) in [6.45, 7) is 2.81. The minimum Gasteiger partial charge on any atom is -0.494 e. The largest absolute Gasteiger partial charge is 0.494 e. The lowest BCUT2D eigenvalue weighted by molar-refractivity contribution is 0.102. The maximum Gasteiger partial charge on any atom is 0.322 e. The molecule has 0 radical (unpaired) electrons. The average Bonchev–Trinajstić information content (AvgIpc) is 3.12. The predicted octanol–water partition coefficient (Wildman–Crippen LogP) is 4.55. The number of amides is 1. The minimum absolute atomic E-state index is 0.161. The summed E-state index contributed by atoms with van der Waals surface area (Å²) in [5.41, 5.74) is 0.528. The van der Waals surface area contributed by atoms with Crippen LogP contribution in [0.2, 0.25) is 0 Å². The van der Waals surface area contributed by atoms with Crippen molar-refractivity contribution in [1.82, 2.24) is 10.2 Å². The number of carbonyl (C=O) groups is 1. The molecule has 1 heterocycles. The summed E-state index contributed by atoms with van der Waals surface area (Å²) in [7, 11) is 0. The van der Waals surface area contributed by atoms with Crippen LogP contribution < -0.4 is 10.1 Å². The Balaban J connectivity index is 1.55. The van der Waals surface area contributed by atoms with Gasteiger partial charge in [-0.1, -0.05) is 37.7 Å². The van der Waals surface area contributed by atoms with E-state index in [1.807, 2.05) is 0 Å². The molecule has 0 aliphatic heterocycles. The van der Waals surface area contributed by atoms with Crippen molar-refractivity contribution in [2.75, 3.05) is 11.9 Å². The highest BCUT2D eigenvalue weighted by Crippen LogP contribution is 2.32. The quantitative estimate of drug-likeness (QED) is 0.746. The number of rotatable bonds is 7. The lowest BCUT2D eigenvalue weighted by atomic mass is 9.89. The highest BCUT2D eigenvalue weighted by Gasteiger charge is 2.22. The van der Waals surface area contributed by atoms with Gasteiger partial charge in [0.05, 0.1) is 6.61 Å². The molecule has 1 N–H and O–H groups in total. The minimum atomic E-state index is -0.265. The summed E-state index contributed by atoms with van der Waals surface area (Å²) >= 11 is 0. The normalized spacial score (nSPS) is 15.1. The Bertz CT molecular complexity index is 675. The van der Waals surface area contributed by atoms with E-state index in [1.165, 1.54) is 19.3 Å². The Hall–Kier alpha value is -2.37. The van der Waals surface area contributed by atoms with Crippen LogP contribution in [0, 0.1) is 0 Å². The third-order valence-corrected chi connectivity index (χ3v) is 4.50. The van der Waals surface area contributed by atoms with Crippen molar-refractivity contribution in [2.24, 2.45) is 0 Å². The molecule has 1 fully saturated rings. The average molecular weight is 343 g/mol. The first-order valence-electron chi connectivity index (χ1n) is 9.14. The molecule has 0 atom stereocenters. The molecule has 2 aromatic rings. The molecule has 3 rings (SSSR count). The van der Waals surface area contributed by atoms with Crippen LogP contribution in [0.5, 0.6) is 5.75 Å². The summed E-state index contributed by atoms with van der Waals surface area (Å²) in [6.07, 6.45) is 7.93. The van der Waals surface area contributed by atoms with Gasteiger partial charge in [0.25, 0.3) is 5.91 Å². The second kappa shape index (κ2) is 8.65. The SMILES string of the molecule is CCCCOc1ccc(C(=O)Nc2nnc(C3CCCCC3)o2)cc1. The van der Waals surface area contributed by atoms with Crippen LogP contribution in [-0.4, -0.2) is 22.7 Å². The van der Waals surface area contributed by atoms with Crippen LogP contribution >= 0.6 is 0 Å². The summed E-state index contributed by atoms with van der Waals surface area (Å²) in [4.78, 5) is 12.3. The molecule has 0 bridgehead atoms. The van der Waals surface area contributed by atoms with Crippen molar-refractivity contribution in [3.8, 4) is 5.75 Å². The van der Waals surface area contributed by atoms with E-state index in [2.05, 4.69) is 22.4 Å². The fourth-order valence-electron chi connectivity index (χ4n) is 3.01. The second-order valence-electron chi connectivity index (χ2n) is 6.46. The summed E-state index contributed by atoms with van der Waals surface area (Å²) < 4.78 is 11.2. The van der Waals surface area contributed by atoms with Gasteiger partial charge in [-0.2, -0.15) is 0 Å². The van der Waals surface area contributed by atoms with E-state index in [0.29, 0.717) is 24.0 Å². The smallest absolute Gasteiger partial charge is 0.322 e. The van der Waals surface area contributed by atoms with Crippen molar-refractivity contribution in [1.29, 1.82) is 0 Å². The van der Waals surface area contributed by atoms with Crippen LogP contribution in [0.3, 0.4) is 0 Å². The van der Waals surface area contributed by atoms with Crippen LogP contribution in [0.4, 0.5) is 6.01 Å². The van der Waals surface area contributed by atoms with E-state index in [1.54, 1.807) is 24.3 Å². The molecule has 6 nitrogen and oxygen atoms in total. The van der Waals surface area contributed by atoms with Gasteiger partial charge in [0.15, 0.2) is 0 Å². The zero-order chi connectivity index (χ0) is 17.5. The fraction of sp³-hybridized carbons (Fsp3) is 0.526.